The van der Waals surface area contributed by atoms with Gasteiger partial charge < -0.3 is 19.0 Å². The average Bonchev–Trinajstić information content (AvgIpc) is 3.32. The normalized spacial score (nSPS) is 14.1. The van der Waals surface area contributed by atoms with Crippen molar-refractivity contribution in [3.05, 3.63) is 90.6 Å². The van der Waals surface area contributed by atoms with Crippen LogP contribution >= 0.6 is 0 Å². The first kappa shape index (κ1) is 19.2. The van der Waals surface area contributed by atoms with Crippen LogP contribution in [0.5, 0.6) is 5.75 Å². The monoisotopic (exact) mass is 413 g/mol. The second-order valence-corrected chi connectivity index (χ2v) is 7.55. The van der Waals surface area contributed by atoms with E-state index in [2.05, 4.69) is 22.0 Å². The Morgan fingerprint density at radius 3 is 2.48 bits per heavy atom. The molecule has 0 unspecified atom stereocenters. The van der Waals surface area contributed by atoms with Crippen LogP contribution in [0, 0.1) is 0 Å². The number of fused-ring (bicyclic) bond motifs is 1. The number of pyridine rings is 1. The van der Waals surface area contributed by atoms with Gasteiger partial charge in [0, 0.05) is 44.3 Å². The molecule has 4 aromatic rings. The maximum absolute atomic E-state index is 12.8. The predicted octanol–water partition coefficient (Wildman–Crippen LogP) is 4.37. The lowest BCUT2D eigenvalue weighted by molar-refractivity contribution is 0.0710. The average molecular weight is 413 g/mol. The number of piperazine rings is 1. The van der Waals surface area contributed by atoms with Gasteiger partial charge in [0.05, 0.1) is 0 Å². The van der Waals surface area contributed by atoms with Gasteiger partial charge in [0.2, 0.25) is 0 Å². The van der Waals surface area contributed by atoms with Gasteiger partial charge in [0.15, 0.2) is 5.76 Å². The van der Waals surface area contributed by atoms with Crippen molar-refractivity contribution in [3.8, 4) is 5.75 Å². The molecule has 1 amide bonds. The molecule has 1 saturated heterocycles. The maximum atomic E-state index is 12.8. The summed E-state index contributed by atoms with van der Waals surface area (Å²) in [4.78, 5) is 21.0. The summed E-state index contributed by atoms with van der Waals surface area (Å²) in [6.07, 6.45) is 3.58. The summed E-state index contributed by atoms with van der Waals surface area (Å²) in [6, 6.07) is 21.7. The summed E-state index contributed by atoms with van der Waals surface area (Å²) in [6.45, 7) is 3.17. The molecule has 0 atom stereocenters. The Labute approximate surface area is 180 Å². The number of carbonyl (C=O) groups excluding carboxylic acids is 1. The number of amides is 1. The van der Waals surface area contributed by atoms with Gasteiger partial charge in [0.1, 0.15) is 18.1 Å². The molecule has 6 nitrogen and oxygen atoms in total. The SMILES string of the molecule is O=C(c1ccc(COc2ccc3ccccc3c2)o1)N1CCN(c2ccncc2)CC1. The highest BCUT2D eigenvalue weighted by Crippen LogP contribution is 2.22. The summed E-state index contributed by atoms with van der Waals surface area (Å²) < 4.78 is 11.7. The van der Waals surface area contributed by atoms with Gasteiger partial charge in [-0.1, -0.05) is 30.3 Å². The molecule has 5 rings (SSSR count). The third-order valence-corrected chi connectivity index (χ3v) is 5.57. The summed E-state index contributed by atoms with van der Waals surface area (Å²) in [5.41, 5.74) is 1.13. The van der Waals surface area contributed by atoms with Gasteiger partial charge >= 0.3 is 0 Å². The highest BCUT2D eigenvalue weighted by atomic mass is 16.5. The van der Waals surface area contributed by atoms with Crippen molar-refractivity contribution >= 4 is 22.4 Å². The third kappa shape index (κ3) is 4.23. The Kier molecular flexibility index (Phi) is 5.27. The highest BCUT2D eigenvalue weighted by Gasteiger charge is 2.24. The number of rotatable bonds is 5. The standard InChI is InChI=1S/C25H23N3O3/c29-25(28-15-13-27(14-16-28)21-9-11-26-12-10-21)24-8-7-23(31-24)18-30-22-6-5-19-3-1-2-4-20(19)17-22/h1-12,17H,13-16,18H2. The van der Waals surface area contributed by atoms with Crippen LogP contribution in [0.15, 0.2) is 83.5 Å². The Bertz CT molecular complexity index is 1180. The molecule has 0 radical (unpaired) electrons. The van der Waals surface area contributed by atoms with E-state index in [9.17, 15) is 4.79 Å². The molecule has 156 valence electrons. The van der Waals surface area contributed by atoms with Crippen LogP contribution in [-0.2, 0) is 6.61 Å². The molecule has 3 heterocycles. The van der Waals surface area contributed by atoms with Gasteiger partial charge in [-0.2, -0.15) is 0 Å². The minimum Gasteiger partial charge on any atom is -0.486 e. The van der Waals surface area contributed by atoms with Crippen molar-refractivity contribution in [2.24, 2.45) is 0 Å². The fraction of sp³-hybridized carbons (Fsp3) is 0.200. The fourth-order valence-corrected chi connectivity index (χ4v) is 3.86. The molecule has 0 spiro atoms. The van der Waals surface area contributed by atoms with E-state index in [-0.39, 0.29) is 12.5 Å². The molecule has 2 aromatic carbocycles. The zero-order chi connectivity index (χ0) is 21.0. The van der Waals surface area contributed by atoms with Crippen molar-refractivity contribution < 1.29 is 13.9 Å². The van der Waals surface area contributed by atoms with Crippen LogP contribution in [0.25, 0.3) is 10.8 Å². The number of hydrogen-bond acceptors (Lipinski definition) is 5. The number of carbonyl (C=O) groups is 1. The highest BCUT2D eigenvalue weighted by molar-refractivity contribution is 5.91. The van der Waals surface area contributed by atoms with E-state index in [0.717, 1.165) is 29.9 Å². The number of furan rings is 1. The molecule has 0 bridgehead atoms. The summed E-state index contributed by atoms with van der Waals surface area (Å²) in [7, 11) is 0. The van der Waals surface area contributed by atoms with Crippen LogP contribution in [-0.4, -0.2) is 42.0 Å². The van der Waals surface area contributed by atoms with Gasteiger partial charge in [-0.05, 0) is 47.2 Å². The van der Waals surface area contributed by atoms with E-state index >= 15 is 0 Å². The van der Waals surface area contributed by atoms with E-state index in [1.807, 2.05) is 53.4 Å². The van der Waals surface area contributed by atoms with Crippen molar-refractivity contribution in [2.45, 2.75) is 6.61 Å². The first-order valence-corrected chi connectivity index (χ1v) is 10.4. The number of anilines is 1. The van der Waals surface area contributed by atoms with Gasteiger partial charge in [-0.3, -0.25) is 9.78 Å². The van der Waals surface area contributed by atoms with Gasteiger partial charge in [0.25, 0.3) is 5.91 Å². The number of ether oxygens (including phenoxy) is 1. The quantitative estimate of drug-likeness (QED) is 0.486. The molecule has 0 N–H and O–H groups in total. The second-order valence-electron chi connectivity index (χ2n) is 7.55. The summed E-state index contributed by atoms with van der Waals surface area (Å²) in [5.74, 6) is 1.68. The molecule has 6 heteroatoms. The molecule has 0 aliphatic carbocycles. The van der Waals surface area contributed by atoms with E-state index in [4.69, 9.17) is 9.15 Å². The van der Waals surface area contributed by atoms with Crippen molar-refractivity contribution in [2.75, 3.05) is 31.1 Å². The van der Waals surface area contributed by atoms with Crippen LogP contribution < -0.4 is 9.64 Å². The van der Waals surface area contributed by atoms with Crippen LogP contribution in [0.1, 0.15) is 16.3 Å². The smallest absolute Gasteiger partial charge is 0.289 e. The number of nitrogens with zero attached hydrogens (tertiary/aromatic N) is 3. The van der Waals surface area contributed by atoms with E-state index in [0.29, 0.717) is 24.6 Å². The minimum atomic E-state index is -0.0775. The lowest BCUT2D eigenvalue weighted by Crippen LogP contribution is -2.48. The molecule has 2 aromatic heterocycles. The largest absolute Gasteiger partial charge is 0.486 e. The van der Waals surface area contributed by atoms with Crippen LogP contribution in [0.2, 0.25) is 0 Å². The molecular formula is C25H23N3O3. The molecule has 0 saturated carbocycles. The number of aromatic nitrogens is 1. The number of hydrogen-bond donors (Lipinski definition) is 0. The first-order chi connectivity index (χ1) is 15.3. The lowest BCUT2D eigenvalue weighted by atomic mass is 10.1. The molecular weight excluding hydrogens is 390 g/mol. The second kappa shape index (κ2) is 8.52. The molecule has 1 aliphatic rings. The van der Waals surface area contributed by atoms with Gasteiger partial charge in [-0.25, -0.2) is 0 Å². The van der Waals surface area contributed by atoms with E-state index in [1.165, 1.54) is 5.39 Å². The van der Waals surface area contributed by atoms with Crippen molar-refractivity contribution in [3.63, 3.8) is 0 Å². The summed E-state index contributed by atoms with van der Waals surface area (Å²) in [5, 5.41) is 2.30. The van der Waals surface area contributed by atoms with E-state index < -0.39 is 0 Å². The lowest BCUT2D eigenvalue weighted by Gasteiger charge is -2.35. The van der Waals surface area contributed by atoms with Crippen molar-refractivity contribution in [1.82, 2.24) is 9.88 Å². The topological polar surface area (TPSA) is 58.8 Å². The first-order valence-electron chi connectivity index (χ1n) is 10.4. The van der Waals surface area contributed by atoms with Crippen LogP contribution in [0.3, 0.4) is 0 Å². The third-order valence-electron chi connectivity index (χ3n) is 5.57. The zero-order valence-electron chi connectivity index (χ0n) is 17.1. The fourth-order valence-electron chi connectivity index (χ4n) is 3.86. The minimum absolute atomic E-state index is 0.0775. The van der Waals surface area contributed by atoms with Crippen molar-refractivity contribution in [1.29, 1.82) is 0 Å². The number of benzene rings is 2. The summed E-state index contributed by atoms with van der Waals surface area (Å²) >= 11 is 0. The Morgan fingerprint density at radius 2 is 1.68 bits per heavy atom. The van der Waals surface area contributed by atoms with Crippen LogP contribution in [0.4, 0.5) is 5.69 Å². The predicted molar refractivity (Wildman–Crippen MR) is 119 cm³/mol. The zero-order valence-corrected chi connectivity index (χ0v) is 17.1. The van der Waals surface area contributed by atoms with E-state index in [1.54, 1.807) is 18.5 Å². The Hall–Kier alpha value is -3.80. The molecule has 1 aliphatic heterocycles. The molecule has 1 fully saturated rings. The van der Waals surface area contributed by atoms with Gasteiger partial charge in [-0.15, -0.1) is 0 Å². The Morgan fingerprint density at radius 1 is 0.903 bits per heavy atom. The Balaban J connectivity index is 1.18. The maximum Gasteiger partial charge on any atom is 0.289 e. The molecule has 31 heavy (non-hydrogen) atoms.